The number of hydrogen-bond acceptors (Lipinski definition) is 4. The van der Waals surface area contributed by atoms with Crippen molar-refractivity contribution in [2.24, 2.45) is 5.10 Å². The van der Waals surface area contributed by atoms with Gasteiger partial charge in [0.1, 0.15) is 11.6 Å². The molecule has 1 aliphatic rings. The van der Waals surface area contributed by atoms with Gasteiger partial charge in [0, 0.05) is 23.2 Å². The maximum absolute atomic E-state index is 5.86. The van der Waals surface area contributed by atoms with Crippen molar-refractivity contribution in [2.45, 2.75) is 20.3 Å². The van der Waals surface area contributed by atoms with Crippen LogP contribution in [-0.4, -0.2) is 22.5 Å². The molecule has 0 spiro atoms. The van der Waals surface area contributed by atoms with E-state index in [1.165, 1.54) is 5.56 Å². The molecule has 4 rings (SSSR count). The lowest BCUT2D eigenvalue weighted by Crippen LogP contribution is -2.08. The maximum atomic E-state index is 5.86. The summed E-state index contributed by atoms with van der Waals surface area (Å²) in [5.74, 6) is 1.76. The van der Waals surface area contributed by atoms with Gasteiger partial charge in [-0.3, -0.25) is 0 Å². The summed E-state index contributed by atoms with van der Waals surface area (Å²) >= 11 is 0. The highest BCUT2D eigenvalue weighted by Crippen LogP contribution is 2.28. The zero-order valence-electron chi connectivity index (χ0n) is 14.6. The van der Waals surface area contributed by atoms with E-state index < -0.39 is 0 Å². The molecule has 0 radical (unpaired) electrons. The summed E-state index contributed by atoms with van der Waals surface area (Å²) in [5, 5.41) is 4.95. The van der Waals surface area contributed by atoms with Gasteiger partial charge in [-0.1, -0.05) is 18.2 Å². The molecule has 126 valence electrons. The Morgan fingerprint density at radius 1 is 1.08 bits per heavy atom. The average Bonchev–Trinajstić information content (AvgIpc) is 2.79. The number of aromatic nitrogens is 2. The van der Waals surface area contributed by atoms with Crippen LogP contribution in [0.25, 0.3) is 0 Å². The summed E-state index contributed by atoms with van der Waals surface area (Å²) in [6.45, 7) is 4.07. The zero-order chi connectivity index (χ0) is 17.6. The molecular weight excluding hydrogens is 312 g/mol. The molecule has 1 aliphatic heterocycles. The van der Waals surface area contributed by atoms with Crippen molar-refractivity contribution in [3.63, 3.8) is 0 Å². The van der Waals surface area contributed by atoms with Gasteiger partial charge in [0.25, 0.3) is 0 Å². The topological polar surface area (TPSA) is 65.4 Å². The number of rotatable bonds is 2. The summed E-state index contributed by atoms with van der Waals surface area (Å²) in [6, 6.07) is 13.9. The van der Waals surface area contributed by atoms with E-state index in [4.69, 9.17) is 20.6 Å². The number of nitrogens with two attached hydrogens (primary N) is 1. The summed E-state index contributed by atoms with van der Waals surface area (Å²) < 4.78 is 7.38. The first kappa shape index (κ1) is 15.4. The van der Waals surface area contributed by atoms with Crippen LogP contribution in [0, 0.1) is 13.8 Å². The van der Waals surface area contributed by atoms with E-state index in [0.717, 1.165) is 51.9 Å². The Bertz CT molecular complexity index is 984. The molecular formula is C20H20N4O. The van der Waals surface area contributed by atoms with Crippen molar-refractivity contribution in [1.29, 1.82) is 0 Å². The summed E-state index contributed by atoms with van der Waals surface area (Å²) in [7, 11) is 1.68. The second-order valence-electron chi connectivity index (χ2n) is 6.28. The monoisotopic (exact) mass is 332 g/mol. The molecule has 5 nitrogen and oxygen atoms in total. The lowest BCUT2D eigenvalue weighted by Gasteiger charge is -2.11. The number of nitrogens with zero attached hydrogens (tertiary/aromatic N) is 3. The van der Waals surface area contributed by atoms with Crippen molar-refractivity contribution in [3.05, 3.63) is 76.4 Å². The highest BCUT2D eigenvalue weighted by molar-refractivity contribution is 6.14. The van der Waals surface area contributed by atoms with Gasteiger partial charge in [0.2, 0.25) is 0 Å². The molecule has 1 aromatic heterocycles. The molecule has 2 N–H and O–H groups in total. The van der Waals surface area contributed by atoms with Gasteiger partial charge < -0.3 is 10.5 Å². The lowest BCUT2D eigenvalue weighted by atomic mass is 9.95. The Labute approximate surface area is 146 Å². The first-order chi connectivity index (χ1) is 12.1. The molecule has 0 atom stereocenters. The van der Waals surface area contributed by atoms with Crippen molar-refractivity contribution < 1.29 is 4.74 Å². The molecule has 2 aromatic carbocycles. The van der Waals surface area contributed by atoms with Crippen molar-refractivity contribution >= 4 is 11.4 Å². The van der Waals surface area contributed by atoms with Crippen LogP contribution in [0.5, 0.6) is 5.75 Å². The number of aryl methyl sites for hydroxylation is 1. The van der Waals surface area contributed by atoms with E-state index >= 15 is 0 Å². The minimum absolute atomic E-state index is 0.732. The van der Waals surface area contributed by atoms with Crippen molar-refractivity contribution in [1.82, 2.24) is 9.66 Å². The molecule has 0 fully saturated rings. The van der Waals surface area contributed by atoms with Gasteiger partial charge in [-0.05, 0) is 43.7 Å². The van der Waals surface area contributed by atoms with Crippen LogP contribution in [0.3, 0.4) is 0 Å². The van der Waals surface area contributed by atoms with E-state index in [1.807, 2.05) is 54.9 Å². The largest absolute Gasteiger partial charge is 0.497 e. The van der Waals surface area contributed by atoms with Crippen LogP contribution in [-0.2, 0) is 6.42 Å². The zero-order valence-corrected chi connectivity index (χ0v) is 14.6. The molecule has 0 amide bonds. The molecule has 3 aromatic rings. The standard InChI is InChI=1S/C20H20N4O/c1-12-13(2)24-19(22-12)10-15-6-9-17(25-3)11-18(15)20(23-24)14-4-7-16(21)8-5-14/h4-9,11H,10,21H2,1-3H3. The molecule has 0 aliphatic carbocycles. The molecule has 5 heteroatoms. The van der Waals surface area contributed by atoms with Crippen LogP contribution in [0.15, 0.2) is 47.6 Å². The summed E-state index contributed by atoms with van der Waals surface area (Å²) in [5.41, 5.74) is 12.8. The highest BCUT2D eigenvalue weighted by atomic mass is 16.5. The smallest absolute Gasteiger partial charge is 0.134 e. The lowest BCUT2D eigenvalue weighted by molar-refractivity contribution is 0.414. The normalized spacial score (nSPS) is 12.8. The Kier molecular flexibility index (Phi) is 3.57. The minimum Gasteiger partial charge on any atom is -0.497 e. The van der Waals surface area contributed by atoms with Crippen LogP contribution in [0.4, 0.5) is 5.69 Å². The van der Waals surface area contributed by atoms with Gasteiger partial charge >= 0.3 is 0 Å². The van der Waals surface area contributed by atoms with Crippen molar-refractivity contribution in [3.8, 4) is 5.75 Å². The fourth-order valence-corrected chi connectivity index (χ4v) is 3.15. The first-order valence-electron chi connectivity index (χ1n) is 8.24. The van der Waals surface area contributed by atoms with E-state index in [9.17, 15) is 0 Å². The molecule has 25 heavy (non-hydrogen) atoms. The number of benzene rings is 2. The average molecular weight is 332 g/mol. The number of anilines is 1. The van der Waals surface area contributed by atoms with E-state index in [2.05, 4.69) is 6.07 Å². The highest BCUT2D eigenvalue weighted by Gasteiger charge is 2.22. The van der Waals surface area contributed by atoms with Crippen LogP contribution in [0.2, 0.25) is 0 Å². The number of nitrogen functional groups attached to an aromatic ring is 1. The van der Waals surface area contributed by atoms with Gasteiger partial charge in [0.05, 0.1) is 24.2 Å². The Hall–Kier alpha value is -3.08. The van der Waals surface area contributed by atoms with Gasteiger partial charge in [0.15, 0.2) is 0 Å². The third-order valence-electron chi connectivity index (χ3n) is 4.69. The quantitative estimate of drug-likeness (QED) is 0.573. The molecule has 2 heterocycles. The Morgan fingerprint density at radius 3 is 2.56 bits per heavy atom. The Balaban J connectivity index is 2.00. The summed E-state index contributed by atoms with van der Waals surface area (Å²) in [4.78, 5) is 4.70. The second kappa shape index (κ2) is 5.77. The number of hydrogen-bond donors (Lipinski definition) is 1. The minimum atomic E-state index is 0.732. The fraction of sp³-hybridized carbons (Fsp3) is 0.200. The number of methoxy groups -OCH3 is 1. The molecule has 0 saturated heterocycles. The van der Waals surface area contributed by atoms with E-state index in [0.29, 0.717) is 0 Å². The van der Waals surface area contributed by atoms with Crippen molar-refractivity contribution in [2.75, 3.05) is 12.8 Å². The van der Waals surface area contributed by atoms with Gasteiger partial charge in [-0.2, -0.15) is 5.10 Å². The third-order valence-corrected chi connectivity index (χ3v) is 4.69. The van der Waals surface area contributed by atoms with Crippen LogP contribution >= 0.6 is 0 Å². The number of imidazole rings is 1. The van der Waals surface area contributed by atoms with Gasteiger partial charge in [-0.25, -0.2) is 9.66 Å². The number of fused-ring (bicyclic) bond motifs is 2. The first-order valence-corrected chi connectivity index (χ1v) is 8.24. The molecule has 0 unspecified atom stereocenters. The molecule has 0 bridgehead atoms. The number of ether oxygens (including phenoxy) is 1. The molecule has 0 saturated carbocycles. The van der Waals surface area contributed by atoms with E-state index in [-0.39, 0.29) is 0 Å². The van der Waals surface area contributed by atoms with Crippen LogP contribution < -0.4 is 10.5 Å². The summed E-state index contributed by atoms with van der Waals surface area (Å²) in [6.07, 6.45) is 0.732. The Morgan fingerprint density at radius 2 is 1.84 bits per heavy atom. The maximum Gasteiger partial charge on any atom is 0.134 e. The second-order valence-corrected chi connectivity index (χ2v) is 6.28. The van der Waals surface area contributed by atoms with Gasteiger partial charge in [-0.15, -0.1) is 0 Å². The predicted molar refractivity (Wildman–Crippen MR) is 99.4 cm³/mol. The van der Waals surface area contributed by atoms with Crippen LogP contribution in [0.1, 0.15) is 33.9 Å². The third kappa shape index (κ3) is 2.58. The fourth-order valence-electron chi connectivity index (χ4n) is 3.15. The SMILES string of the molecule is COc1ccc2c(c1)C(c1ccc(N)cc1)=Nn1c(nc(C)c1C)C2. The van der Waals surface area contributed by atoms with E-state index in [1.54, 1.807) is 7.11 Å². The predicted octanol–water partition coefficient (Wildman–Crippen LogP) is 3.30.